The molecule has 1 aromatic rings. The minimum absolute atomic E-state index is 0.426. The zero-order valence-electron chi connectivity index (χ0n) is 8.46. The molecule has 2 heteroatoms. The number of aromatic nitrogens is 2. The molecule has 0 atom stereocenters. The van der Waals surface area contributed by atoms with Crippen molar-refractivity contribution >= 4 is 0 Å². The van der Waals surface area contributed by atoms with Crippen molar-refractivity contribution in [1.29, 1.82) is 0 Å². The average molecular weight is 166 g/mol. The Morgan fingerprint density at radius 2 is 2.08 bits per heavy atom. The molecule has 1 rings (SSSR count). The number of hydrogen-bond acceptors (Lipinski definition) is 1. The average Bonchev–Trinajstić information content (AvgIpc) is 2.30. The van der Waals surface area contributed by atoms with E-state index in [2.05, 4.69) is 32.1 Å². The van der Waals surface area contributed by atoms with Gasteiger partial charge in [0, 0.05) is 13.2 Å². The Morgan fingerprint density at radius 3 is 2.50 bits per heavy atom. The van der Waals surface area contributed by atoms with E-state index in [0.717, 1.165) is 6.42 Å². The lowest BCUT2D eigenvalue weighted by atomic mass is 9.89. The van der Waals surface area contributed by atoms with E-state index < -0.39 is 0 Å². The lowest BCUT2D eigenvalue weighted by Gasteiger charge is -2.16. The predicted molar refractivity (Wildman–Crippen MR) is 51.0 cm³/mol. The number of hydrogen-bond donors (Lipinski definition) is 0. The van der Waals surface area contributed by atoms with E-state index in [0.29, 0.717) is 5.41 Å². The van der Waals surface area contributed by atoms with Crippen LogP contribution in [0.15, 0.2) is 12.4 Å². The smallest absolute Gasteiger partial charge is 0.0521 e. The normalized spacial score (nSPS) is 12.0. The summed E-state index contributed by atoms with van der Waals surface area (Å²) in [5.74, 6) is 0. The SMILES string of the molecule is Cn1cc(CCC(C)(C)C)cn1. The van der Waals surface area contributed by atoms with Crippen LogP contribution < -0.4 is 0 Å². The number of rotatable bonds is 2. The summed E-state index contributed by atoms with van der Waals surface area (Å²) in [4.78, 5) is 0. The third-order valence-electron chi connectivity index (χ3n) is 1.92. The van der Waals surface area contributed by atoms with Gasteiger partial charge in [-0.25, -0.2) is 0 Å². The van der Waals surface area contributed by atoms with Crippen molar-refractivity contribution in [3.63, 3.8) is 0 Å². The van der Waals surface area contributed by atoms with Gasteiger partial charge < -0.3 is 0 Å². The van der Waals surface area contributed by atoms with Gasteiger partial charge in [-0.15, -0.1) is 0 Å². The Kier molecular flexibility index (Phi) is 2.55. The summed E-state index contributed by atoms with van der Waals surface area (Å²) in [5.41, 5.74) is 1.77. The standard InChI is InChI=1S/C10H18N2/c1-10(2,3)6-5-9-7-11-12(4)8-9/h7-8H,5-6H2,1-4H3. The summed E-state index contributed by atoms with van der Waals surface area (Å²) in [5, 5.41) is 4.13. The summed E-state index contributed by atoms with van der Waals surface area (Å²) in [6, 6.07) is 0. The molecule has 0 fully saturated rings. The van der Waals surface area contributed by atoms with Crippen molar-refractivity contribution in [2.75, 3.05) is 0 Å². The van der Waals surface area contributed by atoms with Gasteiger partial charge in [-0.1, -0.05) is 20.8 Å². The lowest BCUT2D eigenvalue weighted by Crippen LogP contribution is -2.05. The van der Waals surface area contributed by atoms with Gasteiger partial charge in [0.1, 0.15) is 0 Å². The zero-order chi connectivity index (χ0) is 9.19. The molecule has 1 heterocycles. The molecule has 0 amide bonds. The highest BCUT2D eigenvalue weighted by atomic mass is 15.2. The van der Waals surface area contributed by atoms with Crippen molar-refractivity contribution < 1.29 is 0 Å². The highest BCUT2D eigenvalue weighted by Crippen LogP contribution is 2.20. The summed E-state index contributed by atoms with van der Waals surface area (Å²) in [6.45, 7) is 6.80. The van der Waals surface area contributed by atoms with Gasteiger partial charge in [0.05, 0.1) is 6.20 Å². The molecule has 0 unspecified atom stereocenters. The molecule has 12 heavy (non-hydrogen) atoms. The van der Waals surface area contributed by atoms with Crippen LogP contribution in [0.4, 0.5) is 0 Å². The summed E-state index contributed by atoms with van der Waals surface area (Å²) < 4.78 is 1.86. The van der Waals surface area contributed by atoms with Gasteiger partial charge in [0.15, 0.2) is 0 Å². The number of nitrogens with zero attached hydrogens (tertiary/aromatic N) is 2. The fourth-order valence-electron chi connectivity index (χ4n) is 1.12. The molecule has 0 bridgehead atoms. The topological polar surface area (TPSA) is 17.8 Å². The first kappa shape index (κ1) is 9.30. The van der Waals surface area contributed by atoms with Crippen LogP contribution in [0.1, 0.15) is 32.8 Å². The molecule has 0 saturated heterocycles. The maximum Gasteiger partial charge on any atom is 0.0521 e. The van der Waals surface area contributed by atoms with Crippen LogP contribution in [-0.4, -0.2) is 9.78 Å². The quantitative estimate of drug-likeness (QED) is 0.659. The molecule has 0 aliphatic heterocycles. The summed E-state index contributed by atoms with van der Waals surface area (Å²) in [6.07, 6.45) is 6.40. The van der Waals surface area contributed by atoms with Gasteiger partial charge in [0.2, 0.25) is 0 Å². The van der Waals surface area contributed by atoms with Crippen molar-refractivity contribution in [3.05, 3.63) is 18.0 Å². The fraction of sp³-hybridized carbons (Fsp3) is 0.700. The molecule has 0 aliphatic carbocycles. The molecule has 2 nitrogen and oxygen atoms in total. The summed E-state index contributed by atoms with van der Waals surface area (Å²) in [7, 11) is 1.96. The molecule has 68 valence electrons. The van der Waals surface area contributed by atoms with Crippen molar-refractivity contribution in [2.24, 2.45) is 12.5 Å². The minimum atomic E-state index is 0.426. The third-order valence-corrected chi connectivity index (χ3v) is 1.92. The molecular weight excluding hydrogens is 148 g/mol. The van der Waals surface area contributed by atoms with Gasteiger partial charge in [-0.3, -0.25) is 4.68 Å². The molecular formula is C10H18N2. The van der Waals surface area contributed by atoms with Crippen molar-refractivity contribution in [1.82, 2.24) is 9.78 Å². The van der Waals surface area contributed by atoms with E-state index in [4.69, 9.17) is 0 Å². The van der Waals surface area contributed by atoms with E-state index in [1.807, 2.05) is 17.9 Å². The monoisotopic (exact) mass is 166 g/mol. The maximum atomic E-state index is 4.13. The lowest BCUT2D eigenvalue weighted by molar-refractivity contribution is 0.378. The van der Waals surface area contributed by atoms with E-state index in [9.17, 15) is 0 Å². The van der Waals surface area contributed by atoms with Gasteiger partial charge >= 0.3 is 0 Å². The largest absolute Gasteiger partial charge is 0.276 e. The van der Waals surface area contributed by atoms with Crippen LogP contribution in [0.5, 0.6) is 0 Å². The Balaban J connectivity index is 2.44. The molecule has 0 spiro atoms. The van der Waals surface area contributed by atoms with E-state index in [1.165, 1.54) is 12.0 Å². The van der Waals surface area contributed by atoms with E-state index in [1.54, 1.807) is 0 Å². The third kappa shape index (κ3) is 3.07. The van der Waals surface area contributed by atoms with Crippen LogP contribution >= 0.6 is 0 Å². The van der Waals surface area contributed by atoms with Crippen LogP contribution in [-0.2, 0) is 13.5 Å². The molecule has 1 aromatic heterocycles. The maximum absolute atomic E-state index is 4.13. The number of aryl methyl sites for hydroxylation is 2. The van der Waals surface area contributed by atoms with E-state index in [-0.39, 0.29) is 0 Å². The van der Waals surface area contributed by atoms with Gasteiger partial charge in [-0.2, -0.15) is 5.10 Å². The minimum Gasteiger partial charge on any atom is -0.276 e. The van der Waals surface area contributed by atoms with Crippen LogP contribution in [0.3, 0.4) is 0 Å². The predicted octanol–water partition coefficient (Wildman–Crippen LogP) is 2.40. The van der Waals surface area contributed by atoms with Crippen molar-refractivity contribution in [2.45, 2.75) is 33.6 Å². The van der Waals surface area contributed by atoms with E-state index >= 15 is 0 Å². The Bertz CT molecular complexity index is 243. The highest BCUT2D eigenvalue weighted by molar-refractivity contribution is 5.03. The fourth-order valence-corrected chi connectivity index (χ4v) is 1.12. The molecule has 0 saturated carbocycles. The summed E-state index contributed by atoms with van der Waals surface area (Å²) >= 11 is 0. The first-order valence-electron chi connectivity index (χ1n) is 4.45. The van der Waals surface area contributed by atoms with Crippen LogP contribution in [0.2, 0.25) is 0 Å². The second kappa shape index (κ2) is 3.30. The van der Waals surface area contributed by atoms with Gasteiger partial charge in [-0.05, 0) is 23.8 Å². The molecule has 0 aliphatic rings. The first-order chi connectivity index (χ1) is 5.47. The van der Waals surface area contributed by atoms with Gasteiger partial charge in [0.25, 0.3) is 0 Å². The zero-order valence-corrected chi connectivity index (χ0v) is 8.46. The molecule has 0 N–H and O–H groups in total. The Hall–Kier alpha value is -0.790. The van der Waals surface area contributed by atoms with Crippen LogP contribution in [0, 0.1) is 5.41 Å². The molecule has 0 radical (unpaired) electrons. The second-order valence-electron chi connectivity index (χ2n) is 4.58. The Morgan fingerprint density at radius 1 is 1.42 bits per heavy atom. The Labute approximate surface area is 74.6 Å². The van der Waals surface area contributed by atoms with Crippen LogP contribution in [0.25, 0.3) is 0 Å². The second-order valence-corrected chi connectivity index (χ2v) is 4.58. The molecule has 0 aromatic carbocycles. The first-order valence-corrected chi connectivity index (χ1v) is 4.45. The highest BCUT2D eigenvalue weighted by Gasteiger charge is 2.10. The van der Waals surface area contributed by atoms with Crippen molar-refractivity contribution in [3.8, 4) is 0 Å².